The quantitative estimate of drug-likeness (QED) is 0.767. The van der Waals surface area contributed by atoms with E-state index in [-0.39, 0.29) is 5.91 Å². The van der Waals surface area contributed by atoms with Crippen LogP contribution < -0.4 is 5.32 Å². The van der Waals surface area contributed by atoms with Crippen LogP contribution in [0.1, 0.15) is 10.5 Å². The molecule has 100 valence electrons. The van der Waals surface area contributed by atoms with Crippen LogP contribution in [0.5, 0.6) is 0 Å². The molecule has 0 aliphatic rings. The van der Waals surface area contributed by atoms with Gasteiger partial charge in [0.25, 0.3) is 5.91 Å². The molecule has 1 amide bonds. The molecule has 3 rings (SSSR count). The molecule has 0 bridgehead atoms. The number of benzene rings is 1. The van der Waals surface area contributed by atoms with Crippen LogP contribution in [0.25, 0.3) is 10.2 Å². The van der Waals surface area contributed by atoms with Crippen LogP contribution in [-0.2, 0) is 0 Å². The second-order valence-corrected chi connectivity index (χ2v) is 5.71. The third-order valence-electron chi connectivity index (χ3n) is 2.57. The van der Waals surface area contributed by atoms with E-state index >= 15 is 0 Å². The number of carbonyl (C=O) groups excluding carboxylic acids is 1. The fourth-order valence-corrected chi connectivity index (χ4v) is 2.93. The molecule has 20 heavy (non-hydrogen) atoms. The lowest BCUT2D eigenvalue weighted by atomic mass is 10.3. The summed E-state index contributed by atoms with van der Waals surface area (Å²) >= 11 is 13.3. The number of halogens is 2. The zero-order chi connectivity index (χ0) is 14.1. The number of hydrogen-bond acceptors (Lipinski definition) is 4. The van der Waals surface area contributed by atoms with Crippen molar-refractivity contribution < 1.29 is 4.79 Å². The van der Waals surface area contributed by atoms with Gasteiger partial charge in [-0.05, 0) is 24.3 Å². The topological polar surface area (TPSA) is 54.9 Å². The molecule has 2 aromatic heterocycles. The van der Waals surface area contributed by atoms with Crippen molar-refractivity contribution in [2.24, 2.45) is 0 Å². The minimum atomic E-state index is -0.313. The Bertz CT molecular complexity index is 789. The second kappa shape index (κ2) is 5.36. The summed E-state index contributed by atoms with van der Waals surface area (Å²) in [5.41, 5.74) is 0.913. The zero-order valence-corrected chi connectivity index (χ0v) is 12.3. The van der Waals surface area contributed by atoms with Crippen LogP contribution >= 0.6 is 34.5 Å². The van der Waals surface area contributed by atoms with E-state index in [4.69, 9.17) is 23.2 Å². The van der Waals surface area contributed by atoms with Gasteiger partial charge in [0.1, 0.15) is 11.2 Å². The fraction of sp³-hybridized carbons (Fsp3) is 0. The Morgan fingerprint density at radius 2 is 2.05 bits per heavy atom. The van der Waals surface area contributed by atoms with Gasteiger partial charge in [-0.25, -0.2) is 4.98 Å². The summed E-state index contributed by atoms with van der Waals surface area (Å²) in [5, 5.41) is 3.98. The average Bonchev–Trinajstić information content (AvgIpc) is 2.87. The number of hydrogen-bond donors (Lipinski definition) is 1. The Labute approximate surface area is 128 Å². The molecule has 0 saturated heterocycles. The second-order valence-electron chi connectivity index (χ2n) is 3.90. The molecule has 0 aliphatic heterocycles. The van der Waals surface area contributed by atoms with Crippen LogP contribution in [0, 0.1) is 0 Å². The highest BCUT2D eigenvalue weighted by Gasteiger charge is 2.13. The van der Waals surface area contributed by atoms with Crippen LogP contribution in [0.4, 0.5) is 5.13 Å². The molecule has 2 heterocycles. The van der Waals surface area contributed by atoms with Gasteiger partial charge in [0.05, 0.1) is 14.7 Å². The minimum absolute atomic E-state index is 0.313. The van der Waals surface area contributed by atoms with Gasteiger partial charge in [-0.2, -0.15) is 0 Å². The number of nitrogens with one attached hydrogen (secondary N) is 1. The summed E-state index contributed by atoms with van der Waals surface area (Å²) in [6, 6.07) is 8.64. The first-order valence-corrected chi connectivity index (χ1v) is 7.19. The normalized spacial score (nSPS) is 10.7. The maximum atomic E-state index is 12.0. The summed E-state index contributed by atoms with van der Waals surface area (Å²) in [5.74, 6) is -0.313. The van der Waals surface area contributed by atoms with Crippen LogP contribution in [-0.4, -0.2) is 15.9 Å². The number of fused-ring (bicyclic) bond motifs is 1. The number of pyridine rings is 1. The Balaban J connectivity index is 1.92. The lowest BCUT2D eigenvalue weighted by Gasteiger charge is -1.99. The van der Waals surface area contributed by atoms with Gasteiger partial charge in [-0.3, -0.25) is 15.1 Å². The smallest absolute Gasteiger partial charge is 0.276 e. The number of carbonyl (C=O) groups is 1. The van der Waals surface area contributed by atoms with Gasteiger partial charge in [0.2, 0.25) is 0 Å². The number of rotatable bonds is 2. The van der Waals surface area contributed by atoms with Crippen LogP contribution in [0.2, 0.25) is 10.0 Å². The maximum Gasteiger partial charge on any atom is 0.276 e. The number of anilines is 1. The highest BCUT2D eigenvalue weighted by molar-refractivity contribution is 7.22. The van der Waals surface area contributed by atoms with Crippen molar-refractivity contribution in [3.8, 4) is 0 Å². The SMILES string of the molecule is O=C(Nc1nc2c(Cl)c(Cl)ccc2s1)c1ccccn1. The van der Waals surface area contributed by atoms with E-state index in [9.17, 15) is 4.79 Å². The van der Waals surface area contributed by atoms with Gasteiger partial charge in [0, 0.05) is 6.20 Å². The molecule has 4 nitrogen and oxygen atoms in total. The third kappa shape index (κ3) is 2.47. The molecule has 0 saturated carbocycles. The monoisotopic (exact) mass is 323 g/mol. The standard InChI is InChI=1S/C13H7Cl2N3OS/c14-7-4-5-9-11(10(7)15)17-13(20-9)18-12(19)8-3-1-2-6-16-8/h1-6H,(H,17,18,19). The lowest BCUT2D eigenvalue weighted by molar-refractivity contribution is 0.102. The number of amides is 1. The molecule has 7 heteroatoms. The molecular formula is C13H7Cl2N3OS. The highest BCUT2D eigenvalue weighted by Crippen LogP contribution is 2.35. The van der Waals surface area contributed by atoms with Crippen molar-refractivity contribution in [3.05, 3.63) is 52.3 Å². The fourth-order valence-electron chi connectivity index (χ4n) is 1.65. The van der Waals surface area contributed by atoms with Gasteiger partial charge in [-0.15, -0.1) is 0 Å². The predicted molar refractivity (Wildman–Crippen MR) is 81.8 cm³/mol. The van der Waals surface area contributed by atoms with Gasteiger partial charge in [0.15, 0.2) is 5.13 Å². The minimum Gasteiger partial charge on any atom is -0.296 e. The van der Waals surface area contributed by atoms with Crippen molar-refractivity contribution in [2.45, 2.75) is 0 Å². The van der Waals surface area contributed by atoms with E-state index in [1.807, 2.05) is 6.07 Å². The number of aromatic nitrogens is 2. The zero-order valence-electron chi connectivity index (χ0n) is 9.93. The van der Waals surface area contributed by atoms with E-state index in [1.165, 1.54) is 11.3 Å². The van der Waals surface area contributed by atoms with E-state index in [0.717, 1.165) is 4.70 Å². The van der Waals surface area contributed by atoms with Crippen LogP contribution in [0.3, 0.4) is 0 Å². The third-order valence-corrected chi connectivity index (χ3v) is 4.30. The van der Waals surface area contributed by atoms with Crippen molar-refractivity contribution in [3.63, 3.8) is 0 Å². The lowest BCUT2D eigenvalue weighted by Crippen LogP contribution is -2.12. The van der Waals surface area contributed by atoms with Crippen molar-refractivity contribution >= 4 is 55.8 Å². The number of thiazole rings is 1. The molecule has 0 unspecified atom stereocenters. The maximum absolute atomic E-state index is 12.0. The Morgan fingerprint density at radius 1 is 1.20 bits per heavy atom. The van der Waals surface area contributed by atoms with E-state index in [1.54, 1.807) is 30.5 Å². The molecule has 1 aromatic carbocycles. The Morgan fingerprint density at radius 3 is 2.80 bits per heavy atom. The summed E-state index contributed by atoms with van der Waals surface area (Å²) in [6.45, 7) is 0. The first kappa shape index (κ1) is 13.3. The van der Waals surface area contributed by atoms with E-state index in [2.05, 4.69) is 15.3 Å². The Hall–Kier alpha value is -1.69. The van der Waals surface area contributed by atoms with E-state index in [0.29, 0.717) is 26.4 Å². The number of nitrogens with zero attached hydrogens (tertiary/aromatic N) is 2. The first-order chi connectivity index (χ1) is 9.65. The summed E-state index contributed by atoms with van der Waals surface area (Å²) in [6.07, 6.45) is 1.56. The molecule has 1 N–H and O–H groups in total. The van der Waals surface area contributed by atoms with E-state index < -0.39 is 0 Å². The molecule has 0 spiro atoms. The van der Waals surface area contributed by atoms with Gasteiger partial charge < -0.3 is 0 Å². The van der Waals surface area contributed by atoms with Crippen molar-refractivity contribution in [2.75, 3.05) is 5.32 Å². The van der Waals surface area contributed by atoms with Gasteiger partial charge in [-0.1, -0.05) is 40.6 Å². The Kier molecular flexibility index (Phi) is 3.56. The first-order valence-electron chi connectivity index (χ1n) is 5.62. The summed E-state index contributed by atoms with van der Waals surface area (Å²) in [4.78, 5) is 20.2. The highest BCUT2D eigenvalue weighted by atomic mass is 35.5. The predicted octanol–water partition coefficient (Wildman–Crippen LogP) is 4.25. The summed E-state index contributed by atoms with van der Waals surface area (Å²) in [7, 11) is 0. The average molecular weight is 324 g/mol. The molecule has 0 radical (unpaired) electrons. The molecule has 3 aromatic rings. The molecule has 0 fully saturated rings. The largest absolute Gasteiger partial charge is 0.296 e. The van der Waals surface area contributed by atoms with Crippen LogP contribution in [0.15, 0.2) is 36.5 Å². The molecular weight excluding hydrogens is 317 g/mol. The van der Waals surface area contributed by atoms with Gasteiger partial charge >= 0.3 is 0 Å². The summed E-state index contributed by atoms with van der Waals surface area (Å²) < 4.78 is 0.857. The van der Waals surface area contributed by atoms with Crippen molar-refractivity contribution in [1.29, 1.82) is 0 Å². The molecule has 0 atom stereocenters. The molecule has 0 aliphatic carbocycles. The van der Waals surface area contributed by atoms with Crippen molar-refractivity contribution in [1.82, 2.24) is 9.97 Å².